The van der Waals surface area contributed by atoms with Crippen LogP contribution in [-0.4, -0.2) is 43.7 Å². The van der Waals surface area contributed by atoms with Crippen LogP contribution in [-0.2, 0) is 4.74 Å². The minimum Gasteiger partial charge on any atom is -0.382 e. The number of amides is 1. The largest absolute Gasteiger partial charge is 0.382 e. The van der Waals surface area contributed by atoms with Crippen molar-refractivity contribution < 1.29 is 13.9 Å². The van der Waals surface area contributed by atoms with Gasteiger partial charge in [-0.3, -0.25) is 4.79 Å². The quantitative estimate of drug-likeness (QED) is 0.908. The molecule has 0 radical (unpaired) electrons. The van der Waals surface area contributed by atoms with Gasteiger partial charge in [0.15, 0.2) is 0 Å². The third kappa shape index (κ3) is 3.73. The first-order valence-corrected chi connectivity index (χ1v) is 7.51. The second kappa shape index (κ2) is 7.41. The fraction of sp³-hybridized carbons (Fsp3) is 0.562. The number of methoxy groups -OCH3 is 1. The molecule has 0 saturated carbocycles. The summed E-state index contributed by atoms with van der Waals surface area (Å²) in [7, 11) is 1.66. The smallest absolute Gasteiger partial charge is 0.256 e. The van der Waals surface area contributed by atoms with E-state index in [0.29, 0.717) is 30.9 Å². The highest BCUT2D eigenvalue weighted by atomic mass is 19.1. The molecule has 5 heteroatoms. The highest BCUT2D eigenvalue weighted by molar-refractivity contribution is 5.99. The number of carbonyl (C=O) groups is 1. The molecule has 1 aliphatic rings. The van der Waals surface area contributed by atoms with Gasteiger partial charge in [-0.25, -0.2) is 4.39 Å². The maximum Gasteiger partial charge on any atom is 0.256 e. The predicted molar refractivity (Wildman–Crippen MR) is 81.1 cm³/mol. The number of piperidine rings is 1. The number of ether oxygens (including phenoxy) is 1. The second-order valence-corrected chi connectivity index (χ2v) is 5.34. The molecule has 1 N–H and O–H groups in total. The fourth-order valence-electron chi connectivity index (χ4n) is 2.62. The molecule has 2 rings (SSSR count). The van der Waals surface area contributed by atoms with Gasteiger partial charge < -0.3 is 15.0 Å². The zero-order valence-corrected chi connectivity index (χ0v) is 12.7. The van der Waals surface area contributed by atoms with Gasteiger partial charge in [0.05, 0.1) is 17.4 Å². The van der Waals surface area contributed by atoms with E-state index in [4.69, 9.17) is 4.74 Å². The third-order valence-electron chi connectivity index (χ3n) is 3.79. The summed E-state index contributed by atoms with van der Waals surface area (Å²) in [6, 6.07) is 4.64. The van der Waals surface area contributed by atoms with Gasteiger partial charge in [0.1, 0.15) is 5.82 Å². The molecule has 1 heterocycles. The van der Waals surface area contributed by atoms with Gasteiger partial charge in [-0.2, -0.15) is 0 Å². The molecule has 1 aliphatic heterocycles. The standard InChI is InChI=1S/C16H23FN2O2/c1-3-9-18-15-13(7-4-8-14(15)17)16(20)19-10-5-6-12(11-19)21-2/h4,7-8,12,18H,3,5-6,9-11H2,1-2H3. The summed E-state index contributed by atoms with van der Waals surface area (Å²) in [5.74, 6) is -0.510. The Balaban J connectivity index is 2.20. The molecule has 0 spiro atoms. The van der Waals surface area contributed by atoms with E-state index in [0.717, 1.165) is 19.3 Å². The average molecular weight is 294 g/mol. The number of nitrogens with one attached hydrogen (secondary N) is 1. The van der Waals surface area contributed by atoms with Crippen molar-refractivity contribution in [3.05, 3.63) is 29.6 Å². The first-order valence-electron chi connectivity index (χ1n) is 7.51. The summed E-state index contributed by atoms with van der Waals surface area (Å²) in [5, 5.41) is 3.02. The van der Waals surface area contributed by atoms with E-state index < -0.39 is 0 Å². The van der Waals surface area contributed by atoms with Crippen molar-refractivity contribution in [3.63, 3.8) is 0 Å². The van der Waals surface area contributed by atoms with Gasteiger partial charge in [0.2, 0.25) is 0 Å². The number of hydrogen-bond acceptors (Lipinski definition) is 3. The molecule has 1 saturated heterocycles. The summed E-state index contributed by atoms with van der Waals surface area (Å²) in [6.45, 7) is 3.91. The lowest BCUT2D eigenvalue weighted by molar-refractivity contribution is 0.0269. The Bertz CT molecular complexity index is 493. The summed E-state index contributed by atoms with van der Waals surface area (Å²) in [4.78, 5) is 14.4. The lowest BCUT2D eigenvalue weighted by atomic mass is 10.1. The van der Waals surface area contributed by atoms with Crippen molar-refractivity contribution in [1.29, 1.82) is 0 Å². The van der Waals surface area contributed by atoms with Crippen molar-refractivity contribution in [2.75, 3.05) is 32.1 Å². The van der Waals surface area contributed by atoms with Crippen LogP contribution in [0, 0.1) is 5.82 Å². The molecule has 1 unspecified atom stereocenters. The molecule has 116 valence electrons. The van der Waals surface area contributed by atoms with Crippen molar-refractivity contribution in [3.8, 4) is 0 Å². The minimum atomic E-state index is -0.380. The number of para-hydroxylation sites is 1. The SMILES string of the molecule is CCCNc1c(F)cccc1C(=O)N1CCCC(OC)C1. The second-order valence-electron chi connectivity index (χ2n) is 5.34. The van der Waals surface area contributed by atoms with Crippen molar-refractivity contribution in [2.24, 2.45) is 0 Å². The number of halogens is 1. The van der Waals surface area contributed by atoms with E-state index in [9.17, 15) is 9.18 Å². The molecule has 1 aromatic carbocycles. The molecular formula is C16H23FN2O2. The van der Waals surface area contributed by atoms with Crippen LogP contribution >= 0.6 is 0 Å². The Morgan fingerprint density at radius 3 is 3.05 bits per heavy atom. The molecule has 0 aromatic heterocycles. The number of hydrogen-bond donors (Lipinski definition) is 1. The number of anilines is 1. The third-order valence-corrected chi connectivity index (χ3v) is 3.79. The summed E-state index contributed by atoms with van der Waals surface area (Å²) < 4.78 is 19.3. The molecule has 0 aliphatic carbocycles. The molecular weight excluding hydrogens is 271 g/mol. The predicted octanol–water partition coefficient (Wildman–Crippen LogP) is 2.90. The maximum atomic E-state index is 14.0. The van der Waals surface area contributed by atoms with E-state index in [1.54, 1.807) is 24.1 Å². The maximum absolute atomic E-state index is 14.0. The lowest BCUT2D eigenvalue weighted by Gasteiger charge is -2.32. The van der Waals surface area contributed by atoms with Gasteiger partial charge in [-0.05, 0) is 31.4 Å². The Kier molecular flexibility index (Phi) is 5.56. The van der Waals surface area contributed by atoms with Gasteiger partial charge in [-0.15, -0.1) is 0 Å². The number of carbonyl (C=O) groups excluding carboxylic acids is 1. The van der Waals surface area contributed by atoms with Crippen LogP contribution in [0.25, 0.3) is 0 Å². The first-order chi connectivity index (χ1) is 10.2. The van der Waals surface area contributed by atoms with Crippen LogP contribution in [0.4, 0.5) is 10.1 Å². The van der Waals surface area contributed by atoms with Gasteiger partial charge in [0, 0.05) is 26.7 Å². The van der Waals surface area contributed by atoms with Crippen LogP contribution in [0.5, 0.6) is 0 Å². The summed E-state index contributed by atoms with van der Waals surface area (Å²) >= 11 is 0. The van der Waals surface area contributed by atoms with E-state index in [1.807, 2.05) is 6.92 Å². The Morgan fingerprint density at radius 1 is 1.52 bits per heavy atom. The van der Waals surface area contributed by atoms with Crippen molar-refractivity contribution >= 4 is 11.6 Å². The van der Waals surface area contributed by atoms with Crippen molar-refractivity contribution in [1.82, 2.24) is 4.90 Å². The van der Waals surface area contributed by atoms with Gasteiger partial charge in [-0.1, -0.05) is 13.0 Å². The van der Waals surface area contributed by atoms with E-state index in [1.165, 1.54) is 6.07 Å². The lowest BCUT2D eigenvalue weighted by Crippen LogP contribution is -2.43. The molecule has 21 heavy (non-hydrogen) atoms. The zero-order valence-electron chi connectivity index (χ0n) is 12.7. The molecule has 0 bridgehead atoms. The number of rotatable bonds is 5. The molecule has 1 atom stereocenters. The monoisotopic (exact) mass is 294 g/mol. The highest BCUT2D eigenvalue weighted by Crippen LogP contribution is 2.23. The minimum absolute atomic E-state index is 0.0725. The van der Waals surface area contributed by atoms with E-state index >= 15 is 0 Å². The molecule has 1 aromatic rings. The van der Waals surface area contributed by atoms with E-state index in [2.05, 4.69) is 5.32 Å². The number of benzene rings is 1. The first kappa shape index (κ1) is 15.8. The Morgan fingerprint density at radius 2 is 2.33 bits per heavy atom. The normalized spacial score (nSPS) is 18.6. The van der Waals surface area contributed by atoms with E-state index in [-0.39, 0.29) is 17.8 Å². The van der Waals surface area contributed by atoms with Crippen LogP contribution in [0.15, 0.2) is 18.2 Å². The number of likely N-dealkylation sites (tertiary alicyclic amines) is 1. The van der Waals surface area contributed by atoms with Crippen LogP contribution in [0.3, 0.4) is 0 Å². The van der Waals surface area contributed by atoms with Crippen LogP contribution in [0.1, 0.15) is 36.5 Å². The Labute approximate surface area is 125 Å². The summed E-state index contributed by atoms with van der Waals surface area (Å²) in [6.07, 6.45) is 2.82. The van der Waals surface area contributed by atoms with Crippen LogP contribution in [0.2, 0.25) is 0 Å². The zero-order chi connectivity index (χ0) is 15.2. The molecule has 1 fully saturated rings. The fourth-order valence-corrected chi connectivity index (χ4v) is 2.62. The molecule has 4 nitrogen and oxygen atoms in total. The average Bonchev–Trinajstić information content (AvgIpc) is 2.53. The highest BCUT2D eigenvalue weighted by Gasteiger charge is 2.26. The van der Waals surface area contributed by atoms with Crippen LogP contribution < -0.4 is 5.32 Å². The Hall–Kier alpha value is -1.62. The van der Waals surface area contributed by atoms with Gasteiger partial charge in [0.25, 0.3) is 5.91 Å². The van der Waals surface area contributed by atoms with Gasteiger partial charge >= 0.3 is 0 Å². The molecule has 1 amide bonds. The van der Waals surface area contributed by atoms with Crippen molar-refractivity contribution in [2.45, 2.75) is 32.3 Å². The topological polar surface area (TPSA) is 41.6 Å². The summed E-state index contributed by atoms with van der Waals surface area (Å²) in [5.41, 5.74) is 0.712. The number of nitrogens with zero attached hydrogens (tertiary/aromatic N) is 1.